The molecule has 2 saturated heterocycles. The first kappa shape index (κ1) is 18.9. The van der Waals surface area contributed by atoms with Crippen LogP contribution in [0.5, 0.6) is 0 Å². The zero-order chi connectivity index (χ0) is 18.8. The van der Waals surface area contributed by atoms with Crippen molar-refractivity contribution in [3.8, 4) is 0 Å². The van der Waals surface area contributed by atoms with E-state index in [-0.39, 0.29) is 12.0 Å². The standard InChI is InChI=1S/C22H32N2O3/c1-15(2)17-11-18-13-24(22(25)16-4-8-26-9-5-16)7-3-19(18)20(12-17)21-14-27-10-6-23-21/h11-12,15-16,21,23H,3-10,13-14H2,1-2H3/t21-/m0/s1. The van der Waals surface area contributed by atoms with Gasteiger partial charge in [-0.1, -0.05) is 26.0 Å². The number of fused-ring (bicyclic) bond motifs is 1. The minimum Gasteiger partial charge on any atom is -0.381 e. The molecular weight excluding hydrogens is 340 g/mol. The molecule has 148 valence electrons. The second-order valence-corrected chi connectivity index (χ2v) is 8.38. The van der Waals surface area contributed by atoms with E-state index in [0.717, 1.165) is 65.3 Å². The van der Waals surface area contributed by atoms with E-state index in [9.17, 15) is 4.79 Å². The molecule has 0 aromatic heterocycles. The average molecular weight is 373 g/mol. The van der Waals surface area contributed by atoms with Crippen molar-refractivity contribution in [2.24, 2.45) is 5.92 Å². The van der Waals surface area contributed by atoms with Crippen molar-refractivity contribution in [2.45, 2.75) is 51.6 Å². The Hall–Kier alpha value is -1.43. The highest BCUT2D eigenvalue weighted by Gasteiger charge is 2.31. The van der Waals surface area contributed by atoms with Crippen LogP contribution in [0, 0.1) is 5.92 Å². The van der Waals surface area contributed by atoms with Crippen molar-refractivity contribution in [1.29, 1.82) is 0 Å². The number of nitrogens with one attached hydrogen (secondary N) is 1. The molecule has 3 aliphatic heterocycles. The van der Waals surface area contributed by atoms with Crippen LogP contribution in [-0.2, 0) is 27.2 Å². The minimum atomic E-state index is 0.140. The fourth-order valence-corrected chi connectivity index (χ4v) is 4.56. The summed E-state index contributed by atoms with van der Waals surface area (Å²) in [5.74, 6) is 0.932. The van der Waals surface area contributed by atoms with Crippen molar-refractivity contribution in [1.82, 2.24) is 10.2 Å². The molecule has 5 heteroatoms. The Kier molecular flexibility index (Phi) is 5.81. The van der Waals surface area contributed by atoms with Gasteiger partial charge >= 0.3 is 0 Å². The van der Waals surface area contributed by atoms with E-state index in [2.05, 4.69) is 36.2 Å². The van der Waals surface area contributed by atoms with E-state index in [1.54, 1.807) is 0 Å². The first-order valence-corrected chi connectivity index (χ1v) is 10.5. The highest BCUT2D eigenvalue weighted by atomic mass is 16.5. The molecular formula is C22H32N2O3. The third-order valence-electron chi connectivity index (χ3n) is 6.24. The molecule has 27 heavy (non-hydrogen) atoms. The van der Waals surface area contributed by atoms with E-state index in [0.29, 0.717) is 11.8 Å². The van der Waals surface area contributed by atoms with E-state index in [1.807, 2.05) is 0 Å². The molecule has 4 rings (SSSR count). The average Bonchev–Trinajstić information content (AvgIpc) is 2.73. The van der Waals surface area contributed by atoms with Crippen LogP contribution in [0.2, 0.25) is 0 Å². The molecule has 1 atom stereocenters. The van der Waals surface area contributed by atoms with Crippen LogP contribution in [-0.4, -0.2) is 50.3 Å². The number of benzene rings is 1. The van der Waals surface area contributed by atoms with Crippen molar-refractivity contribution in [3.63, 3.8) is 0 Å². The normalized spacial score (nSPS) is 24.1. The molecule has 0 radical (unpaired) electrons. The van der Waals surface area contributed by atoms with Gasteiger partial charge in [0.25, 0.3) is 0 Å². The van der Waals surface area contributed by atoms with Gasteiger partial charge in [-0.05, 0) is 47.4 Å². The van der Waals surface area contributed by atoms with E-state index in [4.69, 9.17) is 9.47 Å². The number of carbonyl (C=O) groups excluding carboxylic acids is 1. The number of rotatable bonds is 3. The van der Waals surface area contributed by atoms with Crippen molar-refractivity contribution < 1.29 is 14.3 Å². The second kappa shape index (κ2) is 8.29. The lowest BCUT2D eigenvalue weighted by atomic mass is 9.85. The molecule has 1 aromatic carbocycles. The fourth-order valence-electron chi connectivity index (χ4n) is 4.56. The quantitative estimate of drug-likeness (QED) is 0.886. The summed E-state index contributed by atoms with van der Waals surface area (Å²) < 4.78 is 11.2. The molecule has 3 aliphatic rings. The van der Waals surface area contributed by atoms with Gasteiger partial charge in [0.05, 0.1) is 19.3 Å². The molecule has 3 heterocycles. The summed E-state index contributed by atoms with van der Waals surface area (Å²) >= 11 is 0. The summed E-state index contributed by atoms with van der Waals surface area (Å²) in [6.07, 6.45) is 2.67. The van der Waals surface area contributed by atoms with E-state index in [1.165, 1.54) is 22.3 Å². The van der Waals surface area contributed by atoms with Gasteiger partial charge < -0.3 is 19.7 Å². The largest absolute Gasteiger partial charge is 0.381 e. The Balaban J connectivity index is 1.59. The van der Waals surface area contributed by atoms with Gasteiger partial charge in [0, 0.05) is 38.8 Å². The Morgan fingerprint density at radius 2 is 2.00 bits per heavy atom. The maximum Gasteiger partial charge on any atom is 0.226 e. The zero-order valence-electron chi connectivity index (χ0n) is 16.6. The fraction of sp³-hybridized carbons (Fsp3) is 0.682. The van der Waals surface area contributed by atoms with Crippen molar-refractivity contribution >= 4 is 5.91 Å². The number of nitrogens with zero attached hydrogens (tertiary/aromatic N) is 1. The lowest BCUT2D eigenvalue weighted by Gasteiger charge is -2.36. The number of morpholine rings is 1. The van der Waals surface area contributed by atoms with Crippen LogP contribution in [0.15, 0.2) is 12.1 Å². The summed E-state index contributed by atoms with van der Waals surface area (Å²) in [6.45, 7) is 9.91. The lowest BCUT2D eigenvalue weighted by Crippen LogP contribution is -2.42. The van der Waals surface area contributed by atoms with Gasteiger partial charge in [-0.15, -0.1) is 0 Å². The van der Waals surface area contributed by atoms with Crippen LogP contribution in [0.25, 0.3) is 0 Å². The van der Waals surface area contributed by atoms with Gasteiger partial charge in [-0.3, -0.25) is 4.79 Å². The van der Waals surface area contributed by atoms with Crippen LogP contribution in [0.1, 0.15) is 60.9 Å². The molecule has 0 aliphatic carbocycles. The summed E-state index contributed by atoms with van der Waals surface area (Å²) in [5, 5.41) is 3.62. The lowest BCUT2D eigenvalue weighted by molar-refractivity contribution is -0.139. The Labute approximate surface area is 162 Å². The van der Waals surface area contributed by atoms with Gasteiger partial charge in [0.1, 0.15) is 0 Å². The van der Waals surface area contributed by atoms with Crippen LogP contribution >= 0.6 is 0 Å². The highest BCUT2D eigenvalue weighted by molar-refractivity contribution is 5.79. The molecule has 0 bridgehead atoms. The number of amides is 1. The third-order valence-corrected chi connectivity index (χ3v) is 6.24. The van der Waals surface area contributed by atoms with E-state index >= 15 is 0 Å². The maximum absolute atomic E-state index is 13.0. The van der Waals surface area contributed by atoms with Gasteiger partial charge in [-0.25, -0.2) is 0 Å². The SMILES string of the molecule is CC(C)c1cc2c(c([C@@H]3COCCN3)c1)CCN(C(=O)C1CCOCC1)C2. The summed E-state index contributed by atoms with van der Waals surface area (Å²) in [4.78, 5) is 15.1. The van der Waals surface area contributed by atoms with Gasteiger partial charge in [-0.2, -0.15) is 0 Å². The maximum atomic E-state index is 13.0. The zero-order valence-corrected chi connectivity index (χ0v) is 16.6. The molecule has 1 amide bonds. The van der Waals surface area contributed by atoms with Crippen molar-refractivity contribution in [2.75, 3.05) is 39.5 Å². The van der Waals surface area contributed by atoms with Gasteiger partial charge in [0.15, 0.2) is 0 Å². The molecule has 2 fully saturated rings. The highest BCUT2D eigenvalue weighted by Crippen LogP contribution is 2.33. The number of carbonyl (C=O) groups is 1. The summed E-state index contributed by atoms with van der Waals surface area (Å²) in [5.41, 5.74) is 5.50. The van der Waals surface area contributed by atoms with E-state index < -0.39 is 0 Å². The molecule has 0 saturated carbocycles. The first-order valence-electron chi connectivity index (χ1n) is 10.5. The topological polar surface area (TPSA) is 50.8 Å². The molecule has 1 N–H and O–H groups in total. The summed E-state index contributed by atoms with van der Waals surface area (Å²) in [7, 11) is 0. The van der Waals surface area contributed by atoms with Crippen molar-refractivity contribution in [3.05, 3.63) is 34.4 Å². The van der Waals surface area contributed by atoms with Gasteiger partial charge in [0.2, 0.25) is 5.91 Å². The van der Waals surface area contributed by atoms with Crippen LogP contribution in [0.3, 0.4) is 0 Å². The number of ether oxygens (including phenoxy) is 2. The summed E-state index contributed by atoms with van der Waals surface area (Å²) in [6, 6.07) is 4.96. The Morgan fingerprint density at radius 1 is 1.19 bits per heavy atom. The smallest absolute Gasteiger partial charge is 0.226 e. The van der Waals surface area contributed by atoms with Crippen LogP contribution in [0.4, 0.5) is 0 Å². The number of hydrogen-bond donors (Lipinski definition) is 1. The first-order chi connectivity index (χ1) is 13.1. The Morgan fingerprint density at radius 3 is 2.70 bits per heavy atom. The molecule has 5 nitrogen and oxygen atoms in total. The second-order valence-electron chi connectivity index (χ2n) is 8.38. The third kappa shape index (κ3) is 4.05. The molecule has 1 aromatic rings. The number of hydrogen-bond acceptors (Lipinski definition) is 4. The minimum absolute atomic E-state index is 0.140. The Bertz CT molecular complexity index is 676. The predicted octanol–water partition coefficient (Wildman–Crippen LogP) is 2.78. The molecule has 0 spiro atoms. The van der Waals surface area contributed by atoms with Crippen LogP contribution < -0.4 is 5.32 Å². The molecule has 0 unspecified atom stereocenters. The predicted molar refractivity (Wildman–Crippen MR) is 105 cm³/mol. The monoisotopic (exact) mass is 372 g/mol.